The third kappa shape index (κ3) is 4.75. The molecule has 27 heavy (non-hydrogen) atoms. The van der Waals surface area contributed by atoms with E-state index >= 15 is 0 Å². The van der Waals surface area contributed by atoms with Crippen molar-refractivity contribution in [3.8, 4) is 0 Å². The standard InChI is InChI=1S/C20H31N3O3S/c1-3-17-8-4-5-15-22(17)20(24)16-23(27(2,25)26)19-11-9-18(10-12-19)21-13-6-7-14-21/h9-12,17H,3-8,13-16H2,1-2H3. The summed E-state index contributed by atoms with van der Waals surface area (Å²) in [6.07, 6.45) is 7.60. The van der Waals surface area contributed by atoms with Crippen LogP contribution in [-0.4, -0.2) is 57.7 Å². The van der Waals surface area contributed by atoms with E-state index in [4.69, 9.17) is 0 Å². The van der Waals surface area contributed by atoms with Gasteiger partial charge < -0.3 is 9.80 Å². The summed E-state index contributed by atoms with van der Waals surface area (Å²) in [5.41, 5.74) is 1.66. The van der Waals surface area contributed by atoms with Gasteiger partial charge in [0.05, 0.1) is 11.9 Å². The van der Waals surface area contributed by atoms with Gasteiger partial charge in [-0.3, -0.25) is 9.10 Å². The van der Waals surface area contributed by atoms with Crippen LogP contribution in [0.2, 0.25) is 0 Å². The molecular formula is C20H31N3O3S. The van der Waals surface area contributed by atoms with Crippen molar-refractivity contribution in [1.82, 2.24) is 4.90 Å². The maximum atomic E-state index is 12.9. The molecule has 0 N–H and O–H groups in total. The Labute approximate surface area is 163 Å². The third-order valence-electron chi connectivity index (χ3n) is 5.71. The molecule has 1 amide bonds. The van der Waals surface area contributed by atoms with E-state index in [1.165, 1.54) is 23.4 Å². The van der Waals surface area contributed by atoms with Gasteiger partial charge in [-0.2, -0.15) is 0 Å². The highest BCUT2D eigenvalue weighted by Crippen LogP contribution is 2.26. The average Bonchev–Trinajstić information content (AvgIpc) is 3.20. The van der Waals surface area contributed by atoms with E-state index in [0.717, 1.165) is 51.0 Å². The van der Waals surface area contributed by atoms with Gasteiger partial charge in [0, 0.05) is 31.4 Å². The van der Waals surface area contributed by atoms with Crippen LogP contribution in [0.3, 0.4) is 0 Å². The van der Waals surface area contributed by atoms with Gasteiger partial charge >= 0.3 is 0 Å². The number of benzene rings is 1. The molecule has 0 radical (unpaired) electrons. The van der Waals surface area contributed by atoms with Crippen LogP contribution >= 0.6 is 0 Å². The number of amides is 1. The number of rotatable bonds is 6. The lowest BCUT2D eigenvalue weighted by atomic mass is 10.00. The fourth-order valence-electron chi connectivity index (χ4n) is 4.17. The van der Waals surface area contributed by atoms with Crippen LogP contribution in [0, 0.1) is 0 Å². The highest BCUT2D eigenvalue weighted by molar-refractivity contribution is 7.92. The molecule has 0 aliphatic carbocycles. The molecule has 6 nitrogen and oxygen atoms in total. The fraction of sp³-hybridized carbons (Fsp3) is 0.650. The van der Waals surface area contributed by atoms with Crippen molar-refractivity contribution in [2.75, 3.05) is 41.6 Å². The highest BCUT2D eigenvalue weighted by Gasteiger charge is 2.29. The maximum absolute atomic E-state index is 12.9. The predicted molar refractivity (Wildman–Crippen MR) is 110 cm³/mol. The third-order valence-corrected chi connectivity index (χ3v) is 6.85. The Kier molecular flexibility index (Phi) is 6.29. The van der Waals surface area contributed by atoms with Gasteiger partial charge in [-0.15, -0.1) is 0 Å². The smallest absolute Gasteiger partial charge is 0.243 e. The maximum Gasteiger partial charge on any atom is 0.243 e. The summed E-state index contributed by atoms with van der Waals surface area (Å²) < 4.78 is 26.0. The van der Waals surface area contributed by atoms with Crippen LogP contribution in [0.4, 0.5) is 11.4 Å². The van der Waals surface area contributed by atoms with E-state index < -0.39 is 10.0 Å². The van der Waals surface area contributed by atoms with Gasteiger partial charge in [-0.05, 0) is 62.8 Å². The monoisotopic (exact) mass is 393 g/mol. The van der Waals surface area contributed by atoms with Crippen molar-refractivity contribution >= 4 is 27.3 Å². The number of carbonyl (C=O) groups is 1. The minimum atomic E-state index is -3.54. The topological polar surface area (TPSA) is 60.9 Å². The molecule has 2 aliphatic heterocycles. The van der Waals surface area contributed by atoms with Crippen LogP contribution in [0.15, 0.2) is 24.3 Å². The molecule has 2 aliphatic rings. The minimum absolute atomic E-state index is 0.101. The van der Waals surface area contributed by atoms with Crippen LogP contribution < -0.4 is 9.21 Å². The molecule has 0 spiro atoms. The van der Waals surface area contributed by atoms with Crippen LogP contribution in [-0.2, 0) is 14.8 Å². The summed E-state index contributed by atoms with van der Waals surface area (Å²) >= 11 is 0. The Morgan fingerprint density at radius 1 is 1.07 bits per heavy atom. The molecule has 2 saturated heterocycles. The van der Waals surface area contributed by atoms with E-state index in [1.54, 1.807) is 0 Å². The van der Waals surface area contributed by atoms with Crippen molar-refractivity contribution in [3.05, 3.63) is 24.3 Å². The molecule has 7 heteroatoms. The number of piperidine rings is 1. The molecule has 0 bridgehead atoms. The first kappa shape index (κ1) is 20.0. The van der Waals surface area contributed by atoms with E-state index in [1.807, 2.05) is 29.2 Å². The number of nitrogens with zero attached hydrogens (tertiary/aromatic N) is 3. The predicted octanol–water partition coefficient (Wildman–Crippen LogP) is 2.84. The van der Waals surface area contributed by atoms with E-state index in [0.29, 0.717) is 5.69 Å². The molecule has 2 fully saturated rings. The molecule has 2 heterocycles. The second-order valence-corrected chi connectivity index (χ2v) is 9.53. The Hall–Kier alpha value is -1.76. The lowest BCUT2D eigenvalue weighted by molar-refractivity contribution is -0.133. The van der Waals surface area contributed by atoms with Crippen molar-refractivity contribution in [2.45, 2.75) is 51.5 Å². The largest absolute Gasteiger partial charge is 0.372 e. The lowest BCUT2D eigenvalue weighted by Crippen LogP contribution is -2.48. The van der Waals surface area contributed by atoms with Crippen LogP contribution in [0.25, 0.3) is 0 Å². The number of hydrogen-bond donors (Lipinski definition) is 0. The minimum Gasteiger partial charge on any atom is -0.372 e. The molecule has 0 aromatic heterocycles. The molecule has 1 atom stereocenters. The first-order valence-corrected chi connectivity index (χ1v) is 11.9. The van der Waals surface area contributed by atoms with Gasteiger partial charge in [0.2, 0.25) is 15.9 Å². The van der Waals surface area contributed by atoms with E-state index in [-0.39, 0.29) is 18.5 Å². The summed E-state index contributed by atoms with van der Waals surface area (Å²) in [4.78, 5) is 17.1. The summed E-state index contributed by atoms with van der Waals surface area (Å²) in [5.74, 6) is -0.101. The molecule has 3 rings (SSSR count). The van der Waals surface area contributed by atoms with Crippen molar-refractivity contribution in [2.24, 2.45) is 0 Å². The number of likely N-dealkylation sites (tertiary alicyclic amines) is 1. The Bertz CT molecular complexity index is 742. The van der Waals surface area contributed by atoms with Gasteiger partial charge in [-0.1, -0.05) is 6.92 Å². The Morgan fingerprint density at radius 2 is 1.70 bits per heavy atom. The zero-order valence-electron chi connectivity index (χ0n) is 16.4. The van der Waals surface area contributed by atoms with Gasteiger partial charge in [0.15, 0.2) is 0 Å². The second-order valence-electron chi connectivity index (χ2n) is 7.63. The molecule has 150 valence electrons. The molecular weight excluding hydrogens is 362 g/mol. The summed E-state index contributed by atoms with van der Waals surface area (Å²) in [6, 6.07) is 7.77. The fourth-order valence-corrected chi connectivity index (χ4v) is 5.02. The van der Waals surface area contributed by atoms with E-state index in [2.05, 4.69) is 11.8 Å². The Balaban J connectivity index is 1.77. The first-order chi connectivity index (χ1) is 12.9. The Morgan fingerprint density at radius 3 is 2.30 bits per heavy atom. The molecule has 1 aromatic carbocycles. The molecule has 1 aromatic rings. The SMILES string of the molecule is CCC1CCCCN1C(=O)CN(c1ccc(N2CCCC2)cc1)S(C)(=O)=O. The number of carbonyl (C=O) groups excluding carboxylic acids is 1. The van der Waals surface area contributed by atoms with Crippen molar-refractivity contribution < 1.29 is 13.2 Å². The summed E-state index contributed by atoms with van der Waals surface area (Å²) in [7, 11) is -3.54. The summed E-state index contributed by atoms with van der Waals surface area (Å²) in [5, 5.41) is 0. The zero-order chi connectivity index (χ0) is 19.4. The number of sulfonamides is 1. The quantitative estimate of drug-likeness (QED) is 0.746. The molecule has 1 unspecified atom stereocenters. The highest BCUT2D eigenvalue weighted by atomic mass is 32.2. The summed E-state index contributed by atoms with van der Waals surface area (Å²) in [6.45, 7) is 4.77. The normalized spacial score (nSPS) is 20.7. The van der Waals surface area contributed by atoms with E-state index in [9.17, 15) is 13.2 Å². The van der Waals surface area contributed by atoms with Crippen LogP contribution in [0.5, 0.6) is 0 Å². The van der Waals surface area contributed by atoms with Crippen molar-refractivity contribution in [1.29, 1.82) is 0 Å². The first-order valence-electron chi connectivity index (χ1n) is 10.0. The number of anilines is 2. The van der Waals surface area contributed by atoms with Gasteiger partial charge in [0.1, 0.15) is 6.54 Å². The molecule has 0 saturated carbocycles. The van der Waals surface area contributed by atoms with Crippen molar-refractivity contribution in [3.63, 3.8) is 0 Å². The lowest BCUT2D eigenvalue weighted by Gasteiger charge is -2.36. The van der Waals surface area contributed by atoms with Crippen LogP contribution in [0.1, 0.15) is 45.4 Å². The van der Waals surface area contributed by atoms with Gasteiger partial charge in [0.25, 0.3) is 0 Å². The van der Waals surface area contributed by atoms with Gasteiger partial charge in [-0.25, -0.2) is 8.42 Å². The second kappa shape index (κ2) is 8.50. The average molecular weight is 394 g/mol. The zero-order valence-corrected chi connectivity index (χ0v) is 17.2. The number of hydrogen-bond acceptors (Lipinski definition) is 4.